The Morgan fingerprint density at radius 1 is 1.29 bits per heavy atom. The Labute approximate surface area is 132 Å². The van der Waals surface area contributed by atoms with Gasteiger partial charge in [-0.2, -0.15) is 0 Å². The van der Waals surface area contributed by atoms with Crippen LogP contribution in [0.2, 0.25) is 10.2 Å². The lowest BCUT2D eigenvalue weighted by molar-refractivity contribution is -0.143. The van der Waals surface area contributed by atoms with Crippen LogP contribution in [0.25, 0.3) is 0 Å². The molecule has 0 bridgehead atoms. The van der Waals surface area contributed by atoms with Crippen LogP contribution in [0.5, 0.6) is 0 Å². The number of nitrogens with zero attached hydrogens (tertiary/aromatic N) is 1. The summed E-state index contributed by atoms with van der Waals surface area (Å²) in [5.74, 6) is -0.952. The van der Waals surface area contributed by atoms with Gasteiger partial charge < -0.3 is 10.4 Å². The third-order valence-corrected chi connectivity index (χ3v) is 4.32. The number of nitrogens with one attached hydrogen (secondary N) is 1. The summed E-state index contributed by atoms with van der Waals surface area (Å²) in [5.41, 5.74) is 0.302. The Morgan fingerprint density at radius 3 is 2.57 bits per heavy atom. The number of carboxylic acids is 1. The van der Waals surface area contributed by atoms with Crippen LogP contribution in [0.3, 0.4) is 0 Å². The third-order valence-electron chi connectivity index (χ3n) is 3.81. The first-order chi connectivity index (χ1) is 9.97. The average molecular weight is 331 g/mol. The molecule has 1 fully saturated rings. The molecule has 2 rings (SSSR count). The van der Waals surface area contributed by atoms with Gasteiger partial charge in [0, 0.05) is 12.7 Å². The van der Waals surface area contributed by atoms with Gasteiger partial charge in [0.25, 0.3) is 5.91 Å². The first-order valence-electron chi connectivity index (χ1n) is 6.79. The third kappa shape index (κ3) is 4.32. The van der Waals surface area contributed by atoms with Crippen molar-refractivity contribution in [1.82, 2.24) is 10.3 Å². The van der Waals surface area contributed by atoms with E-state index in [1.54, 1.807) is 0 Å². The lowest BCUT2D eigenvalue weighted by Crippen LogP contribution is -2.32. The van der Waals surface area contributed by atoms with Crippen molar-refractivity contribution >= 4 is 35.1 Å². The minimum atomic E-state index is -0.726. The van der Waals surface area contributed by atoms with Gasteiger partial charge in [0.05, 0.1) is 16.5 Å². The number of carbonyl (C=O) groups excluding carboxylic acids is 1. The number of hydrogen-bond acceptors (Lipinski definition) is 3. The highest BCUT2D eigenvalue weighted by molar-refractivity contribution is 6.35. The molecule has 0 spiro atoms. The van der Waals surface area contributed by atoms with E-state index < -0.39 is 5.97 Å². The standard InChI is InChI=1S/C14H16Cl2N2O3/c15-11-7-17-12(16)5-10(11)13(19)18-6-8-1-3-9(4-2-8)14(20)21/h5,7-9H,1-4,6H2,(H,18,19)(H,20,21). The van der Waals surface area contributed by atoms with Crippen molar-refractivity contribution in [2.75, 3.05) is 6.54 Å². The Balaban J connectivity index is 1.85. The lowest BCUT2D eigenvalue weighted by Gasteiger charge is -2.26. The van der Waals surface area contributed by atoms with E-state index in [0.717, 1.165) is 12.8 Å². The van der Waals surface area contributed by atoms with Crippen molar-refractivity contribution in [2.45, 2.75) is 25.7 Å². The largest absolute Gasteiger partial charge is 0.481 e. The van der Waals surface area contributed by atoms with Crippen LogP contribution in [0.1, 0.15) is 36.0 Å². The zero-order valence-electron chi connectivity index (χ0n) is 11.3. The van der Waals surface area contributed by atoms with Crippen LogP contribution in [0.15, 0.2) is 12.3 Å². The predicted molar refractivity (Wildman–Crippen MR) is 79.7 cm³/mol. The molecule has 1 heterocycles. The van der Waals surface area contributed by atoms with Crippen molar-refractivity contribution in [1.29, 1.82) is 0 Å². The number of hydrogen-bond donors (Lipinski definition) is 2. The van der Waals surface area contributed by atoms with E-state index in [9.17, 15) is 9.59 Å². The van der Waals surface area contributed by atoms with Crippen LogP contribution in [0, 0.1) is 11.8 Å². The van der Waals surface area contributed by atoms with E-state index >= 15 is 0 Å². The zero-order valence-corrected chi connectivity index (χ0v) is 12.8. The Bertz CT molecular complexity index is 543. The molecule has 5 nitrogen and oxygen atoms in total. The van der Waals surface area contributed by atoms with Gasteiger partial charge in [-0.1, -0.05) is 23.2 Å². The predicted octanol–water partition coefficient (Wildman–Crippen LogP) is 3.01. The summed E-state index contributed by atoms with van der Waals surface area (Å²) in [7, 11) is 0. The average Bonchev–Trinajstić information content (AvgIpc) is 2.47. The number of aliphatic carboxylic acids is 1. The molecule has 1 saturated carbocycles. The quantitative estimate of drug-likeness (QED) is 0.831. The van der Waals surface area contributed by atoms with E-state index in [-0.39, 0.29) is 22.0 Å². The van der Waals surface area contributed by atoms with Gasteiger partial charge in [0.1, 0.15) is 5.15 Å². The van der Waals surface area contributed by atoms with Crippen molar-refractivity contribution in [3.8, 4) is 0 Å². The molecule has 1 aromatic heterocycles. The first-order valence-corrected chi connectivity index (χ1v) is 7.55. The van der Waals surface area contributed by atoms with Gasteiger partial charge >= 0.3 is 5.97 Å². The fourth-order valence-electron chi connectivity index (χ4n) is 2.53. The zero-order chi connectivity index (χ0) is 15.4. The van der Waals surface area contributed by atoms with Gasteiger partial charge in [0.15, 0.2) is 0 Å². The number of amides is 1. The maximum atomic E-state index is 12.1. The van der Waals surface area contributed by atoms with Crippen LogP contribution in [-0.4, -0.2) is 28.5 Å². The summed E-state index contributed by atoms with van der Waals surface area (Å²) in [6, 6.07) is 1.43. The van der Waals surface area contributed by atoms with Crippen molar-refractivity contribution < 1.29 is 14.7 Å². The van der Waals surface area contributed by atoms with Gasteiger partial charge in [-0.05, 0) is 37.7 Å². The monoisotopic (exact) mass is 330 g/mol. The molecular formula is C14H16Cl2N2O3. The second-order valence-electron chi connectivity index (χ2n) is 5.25. The molecule has 114 valence electrons. The summed E-state index contributed by atoms with van der Waals surface area (Å²) in [5, 5.41) is 12.2. The fourth-order valence-corrected chi connectivity index (χ4v) is 2.88. The number of halogens is 2. The van der Waals surface area contributed by atoms with E-state index in [0.29, 0.717) is 30.9 Å². The molecule has 1 aliphatic carbocycles. The minimum absolute atomic E-state index is 0.214. The smallest absolute Gasteiger partial charge is 0.306 e. The highest BCUT2D eigenvalue weighted by atomic mass is 35.5. The fraction of sp³-hybridized carbons (Fsp3) is 0.500. The van der Waals surface area contributed by atoms with Crippen LogP contribution < -0.4 is 5.32 Å². The van der Waals surface area contributed by atoms with Gasteiger partial charge in [-0.25, -0.2) is 4.98 Å². The van der Waals surface area contributed by atoms with Crippen LogP contribution in [0.4, 0.5) is 0 Å². The second kappa shape index (κ2) is 7.09. The molecule has 1 aliphatic rings. The van der Waals surface area contributed by atoms with Gasteiger partial charge in [-0.3, -0.25) is 9.59 Å². The summed E-state index contributed by atoms with van der Waals surface area (Å²) < 4.78 is 0. The van der Waals surface area contributed by atoms with Crippen molar-refractivity contribution in [3.63, 3.8) is 0 Å². The highest BCUT2D eigenvalue weighted by Gasteiger charge is 2.26. The van der Waals surface area contributed by atoms with Gasteiger partial charge in [0.2, 0.25) is 0 Å². The number of rotatable bonds is 4. The maximum Gasteiger partial charge on any atom is 0.306 e. The summed E-state index contributed by atoms with van der Waals surface area (Å²) in [6.07, 6.45) is 4.29. The van der Waals surface area contributed by atoms with E-state index in [1.165, 1.54) is 12.3 Å². The summed E-state index contributed by atoms with van der Waals surface area (Å²) >= 11 is 11.7. The molecule has 1 aromatic rings. The number of pyridine rings is 1. The highest BCUT2D eigenvalue weighted by Crippen LogP contribution is 2.28. The number of carbonyl (C=O) groups is 2. The van der Waals surface area contributed by atoms with Crippen molar-refractivity contribution in [2.24, 2.45) is 11.8 Å². The summed E-state index contributed by atoms with van der Waals surface area (Å²) in [6.45, 7) is 0.515. The number of carboxylic acid groups (broad SMARTS) is 1. The van der Waals surface area contributed by atoms with E-state index in [2.05, 4.69) is 10.3 Å². The molecule has 7 heteroatoms. The summed E-state index contributed by atoms with van der Waals surface area (Å²) in [4.78, 5) is 26.7. The SMILES string of the molecule is O=C(NCC1CCC(C(=O)O)CC1)c1cc(Cl)ncc1Cl. The molecule has 0 unspecified atom stereocenters. The van der Waals surface area contributed by atoms with Crippen LogP contribution >= 0.6 is 23.2 Å². The van der Waals surface area contributed by atoms with E-state index in [4.69, 9.17) is 28.3 Å². The molecule has 21 heavy (non-hydrogen) atoms. The Hall–Kier alpha value is -1.33. The maximum absolute atomic E-state index is 12.1. The van der Waals surface area contributed by atoms with Crippen molar-refractivity contribution in [3.05, 3.63) is 28.0 Å². The molecule has 2 N–H and O–H groups in total. The lowest BCUT2D eigenvalue weighted by atomic mass is 9.82. The topological polar surface area (TPSA) is 79.3 Å². The number of aromatic nitrogens is 1. The first kappa shape index (κ1) is 16.0. The second-order valence-corrected chi connectivity index (χ2v) is 6.05. The van der Waals surface area contributed by atoms with Gasteiger partial charge in [-0.15, -0.1) is 0 Å². The van der Waals surface area contributed by atoms with E-state index in [1.807, 2.05) is 0 Å². The Morgan fingerprint density at radius 2 is 1.95 bits per heavy atom. The minimum Gasteiger partial charge on any atom is -0.481 e. The molecule has 1 amide bonds. The Kier molecular flexibility index (Phi) is 5.42. The normalized spacial score (nSPS) is 21.8. The molecule has 0 atom stereocenters. The molecule has 0 aromatic carbocycles. The molecular weight excluding hydrogens is 315 g/mol. The van der Waals surface area contributed by atoms with Crippen LogP contribution in [-0.2, 0) is 4.79 Å². The molecule has 0 radical (unpaired) electrons. The molecule has 0 aliphatic heterocycles. The molecule has 0 saturated heterocycles.